The van der Waals surface area contributed by atoms with Crippen molar-refractivity contribution in [3.63, 3.8) is 0 Å². The Morgan fingerprint density at radius 2 is 2.38 bits per heavy atom. The van der Waals surface area contributed by atoms with Gasteiger partial charge < -0.3 is 10.7 Å². The third kappa shape index (κ3) is 1.60. The zero-order valence-corrected chi connectivity index (χ0v) is 6.66. The Balaban J connectivity index is 2.77. The number of amides is 1. The second kappa shape index (κ2) is 3.61. The summed E-state index contributed by atoms with van der Waals surface area (Å²) in [7, 11) is 0. The Labute approximate surface area is 73.2 Å². The van der Waals surface area contributed by atoms with Gasteiger partial charge in [0.25, 0.3) is 5.91 Å². The predicted molar refractivity (Wildman–Crippen MR) is 43.4 cm³/mol. The van der Waals surface area contributed by atoms with E-state index in [4.69, 9.17) is 17.2 Å². The molecule has 0 aromatic heterocycles. The molecule has 0 aliphatic carbocycles. The van der Waals surface area contributed by atoms with Crippen LogP contribution in [-0.4, -0.2) is 35.0 Å². The van der Waals surface area contributed by atoms with Gasteiger partial charge in [0.2, 0.25) is 5.96 Å². The van der Waals surface area contributed by atoms with E-state index in [1.165, 1.54) is 4.90 Å². The number of hydrazine groups is 1. The standard InChI is InChI=1S/C4H8N8O/c5-9-4-11(2-8-10-6)1-3(13)12(4)7/h1-2,5,7H2. The van der Waals surface area contributed by atoms with Gasteiger partial charge in [-0.3, -0.25) is 4.79 Å². The molecular weight excluding hydrogens is 176 g/mol. The van der Waals surface area contributed by atoms with Crippen LogP contribution in [0.3, 0.4) is 0 Å². The van der Waals surface area contributed by atoms with E-state index in [1.807, 2.05) is 0 Å². The predicted octanol–water partition coefficient (Wildman–Crippen LogP) is -1.50. The van der Waals surface area contributed by atoms with E-state index in [2.05, 4.69) is 15.1 Å². The lowest BCUT2D eigenvalue weighted by Gasteiger charge is -2.14. The fourth-order valence-electron chi connectivity index (χ4n) is 0.936. The van der Waals surface area contributed by atoms with Gasteiger partial charge in [0.05, 0.1) is 0 Å². The van der Waals surface area contributed by atoms with E-state index < -0.39 is 0 Å². The highest BCUT2D eigenvalue weighted by atomic mass is 16.2. The van der Waals surface area contributed by atoms with E-state index in [0.717, 1.165) is 5.01 Å². The second-order valence-electron chi connectivity index (χ2n) is 2.26. The molecule has 13 heavy (non-hydrogen) atoms. The van der Waals surface area contributed by atoms with Gasteiger partial charge in [-0.15, -0.1) is 5.10 Å². The van der Waals surface area contributed by atoms with E-state index in [-0.39, 0.29) is 25.1 Å². The minimum atomic E-state index is -0.350. The van der Waals surface area contributed by atoms with E-state index in [0.29, 0.717) is 0 Å². The van der Waals surface area contributed by atoms with Crippen LogP contribution in [0.1, 0.15) is 0 Å². The largest absolute Gasteiger partial charge is 0.325 e. The molecule has 1 saturated heterocycles. The van der Waals surface area contributed by atoms with Crippen molar-refractivity contribution in [2.45, 2.75) is 0 Å². The molecule has 0 spiro atoms. The van der Waals surface area contributed by atoms with Gasteiger partial charge in [-0.05, 0) is 5.53 Å². The molecule has 9 heteroatoms. The maximum absolute atomic E-state index is 11.0. The molecule has 1 rings (SSSR count). The van der Waals surface area contributed by atoms with E-state index >= 15 is 0 Å². The lowest BCUT2D eigenvalue weighted by Crippen LogP contribution is -2.40. The number of carbonyl (C=O) groups excluding carboxylic acids is 1. The monoisotopic (exact) mass is 184 g/mol. The molecule has 0 saturated carbocycles. The minimum absolute atomic E-state index is 0.0194. The van der Waals surface area contributed by atoms with Crippen molar-refractivity contribution in [2.24, 2.45) is 21.9 Å². The summed E-state index contributed by atoms with van der Waals surface area (Å²) in [6, 6.07) is 0. The average Bonchev–Trinajstić information content (AvgIpc) is 2.39. The fraction of sp³-hybridized carbons (Fsp3) is 0.500. The van der Waals surface area contributed by atoms with Crippen molar-refractivity contribution in [3.8, 4) is 0 Å². The molecule has 0 atom stereocenters. The van der Waals surface area contributed by atoms with Crippen LogP contribution in [0.2, 0.25) is 0 Å². The molecule has 1 heterocycles. The molecule has 1 aliphatic heterocycles. The molecule has 1 fully saturated rings. The normalized spacial score (nSPS) is 19.5. The topological polar surface area (TPSA) is 137 Å². The van der Waals surface area contributed by atoms with Gasteiger partial charge in [0, 0.05) is 4.91 Å². The summed E-state index contributed by atoms with van der Waals surface area (Å²) in [4.78, 5) is 14.9. The van der Waals surface area contributed by atoms with Gasteiger partial charge in [0.15, 0.2) is 0 Å². The Kier molecular flexibility index (Phi) is 2.52. The van der Waals surface area contributed by atoms with Crippen LogP contribution in [0, 0.1) is 0 Å². The van der Waals surface area contributed by atoms with Crippen LogP contribution < -0.4 is 11.7 Å². The van der Waals surface area contributed by atoms with Crippen molar-refractivity contribution in [1.29, 1.82) is 0 Å². The van der Waals surface area contributed by atoms with Crippen molar-refractivity contribution >= 4 is 11.9 Å². The molecule has 0 bridgehead atoms. The quantitative estimate of drug-likeness (QED) is 0.135. The Morgan fingerprint density at radius 3 is 2.92 bits per heavy atom. The maximum Gasteiger partial charge on any atom is 0.263 e. The molecule has 1 amide bonds. The fourth-order valence-corrected chi connectivity index (χ4v) is 0.936. The second-order valence-corrected chi connectivity index (χ2v) is 2.26. The first-order valence-electron chi connectivity index (χ1n) is 3.32. The van der Waals surface area contributed by atoms with Crippen LogP contribution >= 0.6 is 0 Å². The zero-order valence-electron chi connectivity index (χ0n) is 6.66. The first-order valence-corrected chi connectivity index (χ1v) is 3.32. The van der Waals surface area contributed by atoms with Crippen LogP contribution in [0.4, 0.5) is 0 Å². The minimum Gasteiger partial charge on any atom is -0.325 e. The van der Waals surface area contributed by atoms with Gasteiger partial charge in [-0.2, -0.15) is 0 Å². The Morgan fingerprint density at radius 1 is 1.69 bits per heavy atom. The number of nitrogens with zero attached hydrogens (tertiary/aromatic N) is 6. The summed E-state index contributed by atoms with van der Waals surface area (Å²) < 4.78 is 0. The number of azide groups is 1. The van der Waals surface area contributed by atoms with E-state index in [1.54, 1.807) is 0 Å². The molecule has 4 N–H and O–H groups in total. The molecule has 1 aliphatic rings. The first kappa shape index (κ1) is 9.10. The molecule has 0 unspecified atom stereocenters. The highest BCUT2D eigenvalue weighted by Crippen LogP contribution is 2.04. The number of rotatable bonds is 2. The van der Waals surface area contributed by atoms with Gasteiger partial charge in [-0.1, -0.05) is 5.11 Å². The van der Waals surface area contributed by atoms with Gasteiger partial charge >= 0.3 is 0 Å². The van der Waals surface area contributed by atoms with Crippen molar-refractivity contribution in [2.75, 3.05) is 13.2 Å². The highest BCUT2D eigenvalue weighted by molar-refractivity contribution is 6.03. The average molecular weight is 184 g/mol. The smallest absolute Gasteiger partial charge is 0.263 e. The summed E-state index contributed by atoms with van der Waals surface area (Å²) >= 11 is 0. The molecule has 0 aromatic carbocycles. The summed E-state index contributed by atoms with van der Waals surface area (Å²) in [6.45, 7) is -0.00245. The molecular formula is C4H8N8O. The summed E-state index contributed by atoms with van der Waals surface area (Å²) in [6.07, 6.45) is 0. The van der Waals surface area contributed by atoms with Crippen molar-refractivity contribution < 1.29 is 4.79 Å². The van der Waals surface area contributed by atoms with Crippen LogP contribution in [0.5, 0.6) is 0 Å². The third-order valence-electron chi connectivity index (χ3n) is 1.51. The third-order valence-corrected chi connectivity index (χ3v) is 1.51. The lowest BCUT2D eigenvalue weighted by atomic mass is 10.6. The maximum atomic E-state index is 11.0. The Bertz CT molecular complexity index is 289. The molecule has 70 valence electrons. The Hall–Kier alpha value is -1.99. The van der Waals surface area contributed by atoms with E-state index in [9.17, 15) is 4.79 Å². The molecule has 0 aromatic rings. The van der Waals surface area contributed by atoms with Gasteiger partial charge in [0.1, 0.15) is 13.2 Å². The molecule has 0 radical (unpaired) electrons. The van der Waals surface area contributed by atoms with Crippen LogP contribution in [0.25, 0.3) is 10.4 Å². The number of guanidine groups is 1. The first-order chi connectivity index (χ1) is 6.20. The van der Waals surface area contributed by atoms with Crippen LogP contribution in [-0.2, 0) is 4.79 Å². The van der Waals surface area contributed by atoms with Gasteiger partial charge in [-0.25, -0.2) is 10.9 Å². The highest BCUT2D eigenvalue weighted by Gasteiger charge is 2.31. The SMILES string of the molecule is [N-]=[N+]=NCN1CC(=O)N(N)C1=NN. The lowest BCUT2D eigenvalue weighted by molar-refractivity contribution is -0.125. The number of hydrazone groups is 1. The summed E-state index contributed by atoms with van der Waals surface area (Å²) in [5.74, 6) is 10.0. The number of nitrogens with two attached hydrogens (primary N) is 2. The summed E-state index contributed by atoms with van der Waals surface area (Å²) in [5.41, 5.74) is 8.05. The number of carbonyl (C=O) groups is 1. The van der Waals surface area contributed by atoms with Crippen molar-refractivity contribution in [1.82, 2.24) is 9.91 Å². The number of hydrogen-bond donors (Lipinski definition) is 2. The molecule has 9 nitrogen and oxygen atoms in total. The summed E-state index contributed by atoms with van der Waals surface area (Å²) in [5, 5.41) is 7.36. The zero-order chi connectivity index (χ0) is 9.84. The van der Waals surface area contributed by atoms with Crippen molar-refractivity contribution in [3.05, 3.63) is 10.4 Å². The van der Waals surface area contributed by atoms with Crippen LogP contribution in [0.15, 0.2) is 10.2 Å². The number of hydrogen-bond acceptors (Lipinski definition) is 5.